The smallest absolute Gasteiger partial charge is 0.318 e. The first kappa shape index (κ1) is 16.5. The largest absolute Gasteiger partial charge is 0.467 e. The van der Waals surface area contributed by atoms with Crippen molar-refractivity contribution in [3.8, 4) is 12.1 Å². The van der Waals surface area contributed by atoms with E-state index in [0.717, 1.165) is 50.5 Å². The van der Waals surface area contributed by atoms with Gasteiger partial charge in [-0.15, -0.1) is 0 Å². The van der Waals surface area contributed by atoms with Crippen molar-refractivity contribution < 1.29 is 4.74 Å². The zero-order valence-corrected chi connectivity index (χ0v) is 13.7. The van der Waals surface area contributed by atoms with E-state index in [4.69, 9.17) is 10.00 Å². The van der Waals surface area contributed by atoms with Gasteiger partial charge in [-0.05, 0) is 25.3 Å². The molecule has 0 radical (unpaired) electrons. The molecule has 0 spiro atoms. The maximum atomic E-state index is 8.90. The lowest BCUT2D eigenvalue weighted by molar-refractivity contribution is 0.375. The number of fused-ring (bicyclic) bond motifs is 1. The molecule has 1 aliphatic rings. The van der Waals surface area contributed by atoms with E-state index in [-0.39, 0.29) is 0 Å². The zero-order valence-electron chi connectivity index (χ0n) is 13.7. The average Bonchev–Trinajstić information content (AvgIpc) is 2.53. The van der Waals surface area contributed by atoms with Crippen LogP contribution in [0.25, 0.3) is 0 Å². The van der Waals surface area contributed by atoms with Crippen LogP contribution >= 0.6 is 0 Å². The third kappa shape index (κ3) is 3.86. The molecule has 1 N–H and O–H groups in total. The Bertz CT molecular complexity index is 540. The van der Waals surface area contributed by atoms with E-state index in [9.17, 15) is 0 Å². The summed E-state index contributed by atoms with van der Waals surface area (Å²) < 4.78 is 5.27. The number of nitrogens with one attached hydrogen (secondary N) is 1. The second-order valence-corrected chi connectivity index (χ2v) is 5.80. The molecule has 1 aliphatic heterocycles. The second-order valence-electron chi connectivity index (χ2n) is 5.80. The highest BCUT2D eigenvalue weighted by molar-refractivity contribution is 5.51. The summed E-state index contributed by atoms with van der Waals surface area (Å²) in [6.07, 6.45) is 2.53. The lowest BCUT2D eigenvalue weighted by Gasteiger charge is -2.30. The quantitative estimate of drug-likeness (QED) is 0.829. The molecule has 1 aromatic heterocycles. The van der Waals surface area contributed by atoms with Crippen molar-refractivity contribution in [2.45, 2.75) is 39.7 Å². The van der Waals surface area contributed by atoms with Crippen LogP contribution in [0.1, 0.15) is 37.9 Å². The van der Waals surface area contributed by atoms with Crippen LogP contribution in [0, 0.1) is 17.2 Å². The monoisotopic (exact) mass is 303 g/mol. The van der Waals surface area contributed by atoms with Gasteiger partial charge in [0.1, 0.15) is 5.82 Å². The van der Waals surface area contributed by atoms with Gasteiger partial charge in [-0.1, -0.05) is 13.8 Å². The highest BCUT2D eigenvalue weighted by Gasteiger charge is 2.22. The fourth-order valence-electron chi connectivity index (χ4n) is 2.82. The molecule has 0 aliphatic carbocycles. The van der Waals surface area contributed by atoms with Crippen molar-refractivity contribution in [3.05, 3.63) is 11.3 Å². The van der Waals surface area contributed by atoms with Crippen LogP contribution in [0.15, 0.2) is 0 Å². The van der Waals surface area contributed by atoms with Gasteiger partial charge in [0.2, 0.25) is 0 Å². The molecular formula is C16H25N5O. The van der Waals surface area contributed by atoms with E-state index in [1.165, 1.54) is 5.56 Å². The Kier molecular flexibility index (Phi) is 5.96. The minimum Gasteiger partial charge on any atom is -0.467 e. The number of nitriles is 1. The van der Waals surface area contributed by atoms with Gasteiger partial charge >= 0.3 is 6.01 Å². The summed E-state index contributed by atoms with van der Waals surface area (Å²) in [6.45, 7) is 7.74. The number of aromatic nitrogens is 2. The number of hydrogen-bond donors (Lipinski definition) is 1. The van der Waals surface area contributed by atoms with Crippen LogP contribution < -0.4 is 15.0 Å². The molecule has 0 saturated carbocycles. The summed E-state index contributed by atoms with van der Waals surface area (Å²) in [6, 6.07) is 2.68. The van der Waals surface area contributed by atoms with Crippen LogP contribution in [0.4, 0.5) is 5.82 Å². The van der Waals surface area contributed by atoms with Crippen LogP contribution in [0.5, 0.6) is 6.01 Å². The third-order valence-electron chi connectivity index (χ3n) is 3.84. The SMILES string of the molecule is CCCN(CC(C)CC#N)c1nc(OC)nc2c1CCNC2. The van der Waals surface area contributed by atoms with Crippen molar-refractivity contribution in [3.63, 3.8) is 0 Å². The Hall–Kier alpha value is -1.87. The van der Waals surface area contributed by atoms with Gasteiger partial charge in [-0.25, -0.2) is 0 Å². The number of ether oxygens (including phenoxy) is 1. The number of hydrogen-bond acceptors (Lipinski definition) is 6. The number of methoxy groups -OCH3 is 1. The van der Waals surface area contributed by atoms with E-state index in [1.807, 2.05) is 0 Å². The number of anilines is 1. The Morgan fingerprint density at radius 3 is 2.95 bits per heavy atom. The Balaban J connectivity index is 2.34. The molecule has 1 unspecified atom stereocenters. The van der Waals surface area contributed by atoms with Gasteiger partial charge in [0.15, 0.2) is 0 Å². The highest BCUT2D eigenvalue weighted by atomic mass is 16.5. The molecule has 22 heavy (non-hydrogen) atoms. The number of rotatable bonds is 7. The van der Waals surface area contributed by atoms with Crippen LogP contribution in [-0.4, -0.2) is 36.7 Å². The van der Waals surface area contributed by atoms with Gasteiger partial charge in [0, 0.05) is 31.6 Å². The van der Waals surface area contributed by atoms with Crippen molar-refractivity contribution in [1.82, 2.24) is 15.3 Å². The lowest BCUT2D eigenvalue weighted by atomic mass is 10.0. The van der Waals surface area contributed by atoms with E-state index in [1.54, 1.807) is 7.11 Å². The minimum absolute atomic E-state index is 0.315. The van der Waals surface area contributed by atoms with Crippen LogP contribution in [0.3, 0.4) is 0 Å². The summed E-state index contributed by atoms with van der Waals surface area (Å²) in [5, 5.41) is 12.2. The molecule has 1 atom stereocenters. The highest BCUT2D eigenvalue weighted by Crippen LogP contribution is 2.27. The summed E-state index contributed by atoms with van der Waals surface area (Å²) in [5.41, 5.74) is 2.25. The average molecular weight is 303 g/mol. The standard InChI is InChI=1S/C16H25N5O/c1-4-9-21(11-12(2)5-7-17)15-13-6-8-18-10-14(13)19-16(20-15)22-3/h12,18H,4-6,8-11H2,1-3H3. The van der Waals surface area contributed by atoms with E-state index in [0.29, 0.717) is 18.3 Å². The summed E-state index contributed by atoms with van der Waals surface area (Å²) in [7, 11) is 1.60. The van der Waals surface area contributed by atoms with E-state index >= 15 is 0 Å². The molecule has 120 valence electrons. The first-order valence-electron chi connectivity index (χ1n) is 7.96. The normalized spacial score (nSPS) is 14.8. The summed E-state index contributed by atoms with van der Waals surface area (Å²) in [4.78, 5) is 11.4. The van der Waals surface area contributed by atoms with Crippen molar-refractivity contribution in [1.29, 1.82) is 5.26 Å². The van der Waals surface area contributed by atoms with Crippen molar-refractivity contribution in [2.24, 2.45) is 5.92 Å². The third-order valence-corrected chi connectivity index (χ3v) is 3.84. The molecule has 0 saturated heterocycles. The van der Waals surface area contributed by atoms with Crippen LogP contribution in [-0.2, 0) is 13.0 Å². The molecular weight excluding hydrogens is 278 g/mol. The molecule has 0 bridgehead atoms. The lowest BCUT2D eigenvalue weighted by Crippen LogP contribution is -2.34. The second kappa shape index (κ2) is 7.95. The Morgan fingerprint density at radius 1 is 1.45 bits per heavy atom. The van der Waals surface area contributed by atoms with Gasteiger partial charge in [-0.2, -0.15) is 15.2 Å². The predicted octanol–water partition coefficient (Wildman–Crippen LogP) is 1.90. The molecule has 6 heteroatoms. The van der Waals surface area contributed by atoms with Gasteiger partial charge in [0.25, 0.3) is 0 Å². The zero-order chi connectivity index (χ0) is 15.9. The van der Waals surface area contributed by atoms with Gasteiger partial charge < -0.3 is 15.0 Å². The number of nitrogens with zero attached hydrogens (tertiary/aromatic N) is 4. The Labute approximate surface area is 132 Å². The molecule has 0 amide bonds. The molecule has 2 heterocycles. The molecule has 1 aromatic rings. The van der Waals surface area contributed by atoms with Gasteiger partial charge in [0.05, 0.1) is 18.9 Å². The first-order valence-corrected chi connectivity index (χ1v) is 7.96. The maximum absolute atomic E-state index is 8.90. The maximum Gasteiger partial charge on any atom is 0.318 e. The van der Waals surface area contributed by atoms with Crippen molar-refractivity contribution in [2.75, 3.05) is 31.6 Å². The van der Waals surface area contributed by atoms with E-state index < -0.39 is 0 Å². The minimum atomic E-state index is 0.315. The molecule has 0 fully saturated rings. The summed E-state index contributed by atoms with van der Waals surface area (Å²) in [5.74, 6) is 1.30. The fraction of sp³-hybridized carbons (Fsp3) is 0.688. The first-order chi connectivity index (χ1) is 10.7. The van der Waals surface area contributed by atoms with Crippen LogP contribution in [0.2, 0.25) is 0 Å². The van der Waals surface area contributed by atoms with Crippen molar-refractivity contribution >= 4 is 5.82 Å². The Morgan fingerprint density at radius 2 is 2.27 bits per heavy atom. The topological polar surface area (TPSA) is 74.1 Å². The van der Waals surface area contributed by atoms with Gasteiger partial charge in [-0.3, -0.25) is 0 Å². The molecule has 2 rings (SSSR count). The molecule has 6 nitrogen and oxygen atoms in total. The fourth-order valence-corrected chi connectivity index (χ4v) is 2.82. The predicted molar refractivity (Wildman–Crippen MR) is 85.9 cm³/mol. The molecule has 0 aromatic carbocycles. The van der Waals surface area contributed by atoms with E-state index in [2.05, 4.69) is 40.1 Å². The summed E-state index contributed by atoms with van der Waals surface area (Å²) >= 11 is 0.